The lowest BCUT2D eigenvalue weighted by molar-refractivity contribution is 0.292. The largest absolute Gasteiger partial charge is 0.463 e. The van der Waals surface area contributed by atoms with E-state index in [1.165, 1.54) is 12.8 Å². The minimum Gasteiger partial charge on any atom is -0.463 e. The Bertz CT molecular complexity index is 373. The molecule has 7 heteroatoms. The van der Waals surface area contributed by atoms with Gasteiger partial charge in [-0.15, -0.1) is 0 Å². The standard InChI is InChI=1S/C12H24N6O/c1-4-6-7-8-18(3)11-14-10(17-13)15-12(16-11)19-9-5-2/h4-9,13H2,1-3H3,(H,14,15,16,17). The second-order valence-electron chi connectivity index (χ2n) is 4.36. The Kier molecular flexibility index (Phi) is 6.88. The zero-order valence-electron chi connectivity index (χ0n) is 12.0. The van der Waals surface area contributed by atoms with Gasteiger partial charge in [0.05, 0.1) is 6.61 Å². The average Bonchev–Trinajstić information content (AvgIpc) is 2.44. The summed E-state index contributed by atoms with van der Waals surface area (Å²) in [6.45, 7) is 5.68. The van der Waals surface area contributed by atoms with Crippen LogP contribution >= 0.6 is 0 Å². The van der Waals surface area contributed by atoms with E-state index < -0.39 is 0 Å². The molecule has 0 aliphatic rings. The zero-order chi connectivity index (χ0) is 14.1. The summed E-state index contributed by atoms with van der Waals surface area (Å²) in [6.07, 6.45) is 4.39. The van der Waals surface area contributed by atoms with Gasteiger partial charge < -0.3 is 9.64 Å². The topological polar surface area (TPSA) is 89.2 Å². The number of hydrazine groups is 1. The zero-order valence-corrected chi connectivity index (χ0v) is 12.0. The lowest BCUT2D eigenvalue weighted by Crippen LogP contribution is -2.23. The first-order valence-corrected chi connectivity index (χ1v) is 6.77. The first-order chi connectivity index (χ1) is 9.21. The van der Waals surface area contributed by atoms with Gasteiger partial charge in [-0.25, -0.2) is 5.84 Å². The number of nitrogens with one attached hydrogen (secondary N) is 1. The maximum atomic E-state index is 5.43. The van der Waals surface area contributed by atoms with Crippen LogP contribution in [0.3, 0.4) is 0 Å². The number of hydrogen-bond donors (Lipinski definition) is 2. The van der Waals surface area contributed by atoms with Crippen molar-refractivity contribution < 1.29 is 4.74 Å². The van der Waals surface area contributed by atoms with Gasteiger partial charge in [-0.2, -0.15) is 15.0 Å². The minimum absolute atomic E-state index is 0.308. The molecule has 1 heterocycles. The van der Waals surface area contributed by atoms with Gasteiger partial charge in [0.15, 0.2) is 0 Å². The van der Waals surface area contributed by atoms with E-state index in [4.69, 9.17) is 10.6 Å². The summed E-state index contributed by atoms with van der Waals surface area (Å²) in [6, 6.07) is 0.308. The van der Waals surface area contributed by atoms with E-state index in [1.54, 1.807) is 0 Å². The number of nitrogen functional groups attached to an aromatic ring is 1. The van der Waals surface area contributed by atoms with Crippen molar-refractivity contribution in [2.75, 3.05) is 30.5 Å². The van der Waals surface area contributed by atoms with Crippen LogP contribution < -0.4 is 20.9 Å². The quantitative estimate of drug-likeness (QED) is 0.399. The highest BCUT2D eigenvalue weighted by molar-refractivity contribution is 5.36. The van der Waals surface area contributed by atoms with Gasteiger partial charge in [-0.1, -0.05) is 26.7 Å². The van der Waals surface area contributed by atoms with E-state index in [0.29, 0.717) is 24.5 Å². The van der Waals surface area contributed by atoms with E-state index >= 15 is 0 Å². The Morgan fingerprint density at radius 3 is 2.58 bits per heavy atom. The molecule has 19 heavy (non-hydrogen) atoms. The highest BCUT2D eigenvalue weighted by atomic mass is 16.5. The smallest absolute Gasteiger partial charge is 0.323 e. The number of ether oxygens (including phenoxy) is 1. The van der Waals surface area contributed by atoms with Crippen LogP contribution in [0.2, 0.25) is 0 Å². The van der Waals surface area contributed by atoms with E-state index in [-0.39, 0.29) is 0 Å². The van der Waals surface area contributed by atoms with E-state index in [0.717, 1.165) is 19.4 Å². The molecule has 0 fully saturated rings. The molecule has 0 atom stereocenters. The SMILES string of the molecule is CCCCCN(C)c1nc(NN)nc(OCCC)n1. The van der Waals surface area contributed by atoms with Crippen LogP contribution in [0.5, 0.6) is 6.01 Å². The van der Waals surface area contributed by atoms with Gasteiger partial charge in [-0.3, -0.25) is 5.43 Å². The third kappa shape index (κ3) is 5.25. The number of rotatable bonds is 9. The van der Waals surface area contributed by atoms with Crippen molar-refractivity contribution in [3.05, 3.63) is 0 Å². The molecule has 1 aromatic rings. The molecule has 0 aliphatic heterocycles. The molecule has 1 rings (SSSR count). The first kappa shape index (κ1) is 15.4. The summed E-state index contributed by atoms with van der Waals surface area (Å²) < 4.78 is 5.43. The first-order valence-electron chi connectivity index (χ1n) is 6.77. The number of aromatic nitrogens is 3. The summed E-state index contributed by atoms with van der Waals surface area (Å²) in [5.41, 5.74) is 2.44. The lowest BCUT2D eigenvalue weighted by Gasteiger charge is -2.17. The molecular weight excluding hydrogens is 244 g/mol. The van der Waals surface area contributed by atoms with Crippen molar-refractivity contribution in [2.45, 2.75) is 39.5 Å². The Hall–Kier alpha value is -1.63. The second-order valence-corrected chi connectivity index (χ2v) is 4.36. The summed E-state index contributed by atoms with van der Waals surface area (Å²) in [7, 11) is 1.95. The number of unbranched alkanes of at least 4 members (excludes halogenated alkanes) is 2. The van der Waals surface area contributed by atoms with Crippen molar-refractivity contribution in [3.8, 4) is 6.01 Å². The van der Waals surface area contributed by atoms with Crippen LogP contribution in [0.1, 0.15) is 39.5 Å². The third-order valence-electron chi connectivity index (χ3n) is 2.61. The van der Waals surface area contributed by atoms with Gasteiger partial charge >= 0.3 is 6.01 Å². The molecule has 0 aliphatic carbocycles. The van der Waals surface area contributed by atoms with Crippen molar-refractivity contribution in [1.29, 1.82) is 0 Å². The summed E-state index contributed by atoms with van der Waals surface area (Å²) in [5.74, 6) is 6.25. The molecule has 0 radical (unpaired) electrons. The third-order valence-corrected chi connectivity index (χ3v) is 2.61. The summed E-state index contributed by atoms with van der Waals surface area (Å²) in [4.78, 5) is 14.6. The van der Waals surface area contributed by atoms with E-state index in [1.807, 2.05) is 18.9 Å². The summed E-state index contributed by atoms with van der Waals surface area (Å²) >= 11 is 0. The van der Waals surface area contributed by atoms with E-state index in [2.05, 4.69) is 27.3 Å². The van der Waals surface area contributed by atoms with Crippen LogP contribution in [0.15, 0.2) is 0 Å². The monoisotopic (exact) mass is 268 g/mol. The molecule has 7 nitrogen and oxygen atoms in total. The molecule has 0 bridgehead atoms. The highest BCUT2D eigenvalue weighted by Gasteiger charge is 2.10. The van der Waals surface area contributed by atoms with Crippen molar-refractivity contribution in [1.82, 2.24) is 15.0 Å². The molecule has 0 saturated heterocycles. The Morgan fingerprint density at radius 2 is 1.95 bits per heavy atom. The Labute approximate surface area is 114 Å². The maximum absolute atomic E-state index is 5.43. The average molecular weight is 268 g/mol. The fourth-order valence-corrected chi connectivity index (χ4v) is 1.54. The predicted molar refractivity (Wildman–Crippen MR) is 76.2 cm³/mol. The van der Waals surface area contributed by atoms with Crippen LogP contribution in [-0.2, 0) is 0 Å². The van der Waals surface area contributed by atoms with Crippen molar-refractivity contribution in [3.63, 3.8) is 0 Å². The fourth-order valence-electron chi connectivity index (χ4n) is 1.54. The molecule has 0 saturated carbocycles. The van der Waals surface area contributed by atoms with Crippen molar-refractivity contribution in [2.24, 2.45) is 5.84 Å². The van der Waals surface area contributed by atoms with E-state index in [9.17, 15) is 0 Å². The minimum atomic E-state index is 0.308. The number of anilines is 2. The lowest BCUT2D eigenvalue weighted by atomic mass is 10.2. The number of nitrogens with zero attached hydrogens (tertiary/aromatic N) is 4. The molecular formula is C12H24N6O. The normalized spacial score (nSPS) is 10.3. The van der Waals surface area contributed by atoms with Crippen LogP contribution in [-0.4, -0.2) is 35.2 Å². The van der Waals surface area contributed by atoms with Crippen LogP contribution in [0.4, 0.5) is 11.9 Å². The molecule has 0 amide bonds. The van der Waals surface area contributed by atoms with Gasteiger partial charge in [-0.05, 0) is 12.8 Å². The molecule has 0 unspecified atom stereocenters. The molecule has 108 valence electrons. The van der Waals surface area contributed by atoms with Gasteiger partial charge in [0, 0.05) is 13.6 Å². The van der Waals surface area contributed by atoms with Gasteiger partial charge in [0.25, 0.3) is 0 Å². The number of hydrogen-bond acceptors (Lipinski definition) is 7. The molecule has 0 aromatic carbocycles. The highest BCUT2D eigenvalue weighted by Crippen LogP contribution is 2.14. The molecule has 3 N–H and O–H groups in total. The fraction of sp³-hybridized carbons (Fsp3) is 0.750. The summed E-state index contributed by atoms with van der Waals surface area (Å²) in [5, 5.41) is 0. The predicted octanol–water partition coefficient (Wildman–Crippen LogP) is 1.57. The Balaban J connectivity index is 2.74. The van der Waals surface area contributed by atoms with Gasteiger partial charge in [0.2, 0.25) is 11.9 Å². The van der Waals surface area contributed by atoms with Crippen molar-refractivity contribution >= 4 is 11.9 Å². The van der Waals surface area contributed by atoms with Crippen LogP contribution in [0.25, 0.3) is 0 Å². The molecule has 0 spiro atoms. The maximum Gasteiger partial charge on any atom is 0.323 e. The number of nitrogens with two attached hydrogens (primary N) is 1. The molecule has 1 aromatic heterocycles. The Morgan fingerprint density at radius 1 is 1.16 bits per heavy atom. The second kappa shape index (κ2) is 8.47. The van der Waals surface area contributed by atoms with Gasteiger partial charge in [0.1, 0.15) is 0 Å². The van der Waals surface area contributed by atoms with Crippen LogP contribution in [0, 0.1) is 0 Å².